The maximum Gasteiger partial charge on any atom is 0.338 e. The largest absolute Gasteiger partial charge is 0.478 e. The Bertz CT molecular complexity index is 1220. The van der Waals surface area contributed by atoms with Gasteiger partial charge in [-0.05, 0) is 50.3 Å². The number of hydrogen-bond acceptors (Lipinski definition) is 8. The van der Waals surface area contributed by atoms with E-state index in [9.17, 15) is 14.7 Å². The topological polar surface area (TPSA) is 130 Å². The molecule has 184 valence electrons. The minimum atomic E-state index is -0.946. The minimum absolute atomic E-state index is 0.0950. The van der Waals surface area contributed by atoms with E-state index in [1.54, 1.807) is 6.92 Å². The van der Waals surface area contributed by atoms with Crippen LogP contribution < -0.4 is 16.0 Å². The molecule has 2 aliphatic rings. The summed E-state index contributed by atoms with van der Waals surface area (Å²) in [6.45, 7) is 3.34. The van der Waals surface area contributed by atoms with Gasteiger partial charge in [-0.1, -0.05) is 18.2 Å². The summed E-state index contributed by atoms with van der Waals surface area (Å²) >= 11 is 1.47. The predicted molar refractivity (Wildman–Crippen MR) is 131 cm³/mol. The Kier molecular flexibility index (Phi) is 6.80. The van der Waals surface area contributed by atoms with Crippen molar-refractivity contribution in [2.75, 3.05) is 18.5 Å². The number of carbonyl (C=O) groups excluding carboxylic acids is 1. The second-order valence-electron chi connectivity index (χ2n) is 8.76. The zero-order chi connectivity index (χ0) is 24.4. The van der Waals surface area contributed by atoms with Gasteiger partial charge in [-0.15, -0.1) is 16.4 Å². The van der Waals surface area contributed by atoms with Gasteiger partial charge in [-0.25, -0.2) is 4.79 Å². The van der Waals surface area contributed by atoms with Gasteiger partial charge in [0.2, 0.25) is 0 Å². The number of ether oxygens (including phenoxy) is 1. The number of aromatic nitrogens is 3. The summed E-state index contributed by atoms with van der Waals surface area (Å²) in [4.78, 5) is 27.4. The number of hydrogen-bond donors (Lipinski definition) is 4. The van der Waals surface area contributed by atoms with Crippen LogP contribution in [0.5, 0.6) is 0 Å². The molecule has 2 aromatic heterocycles. The predicted octanol–water partition coefficient (Wildman–Crippen LogP) is 2.72. The van der Waals surface area contributed by atoms with E-state index in [0.29, 0.717) is 42.4 Å². The fourth-order valence-electron chi connectivity index (χ4n) is 4.46. The van der Waals surface area contributed by atoms with Crippen LogP contribution in [0, 0.1) is 6.92 Å². The van der Waals surface area contributed by atoms with E-state index in [1.807, 2.05) is 30.3 Å². The molecule has 2 aliphatic heterocycles. The smallest absolute Gasteiger partial charge is 0.338 e. The molecular weight excluding hydrogens is 468 g/mol. The minimum Gasteiger partial charge on any atom is -0.478 e. The quantitative estimate of drug-likeness (QED) is 0.393. The number of carbonyl (C=O) groups is 2. The van der Waals surface area contributed by atoms with Crippen molar-refractivity contribution in [3.05, 3.63) is 57.7 Å². The lowest BCUT2D eigenvalue weighted by Gasteiger charge is -2.25. The number of fused-ring (bicyclic) bond motifs is 1. The number of thiophene rings is 1. The van der Waals surface area contributed by atoms with Crippen LogP contribution in [0.3, 0.4) is 0 Å². The lowest BCUT2D eigenvalue weighted by atomic mass is 9.98. The van der Waals surface area contributed by atoms with Gasteiger partial charge in [-0.3, -0.25) is 4.79 Å². The molecule has 1 amide bonds. The molecule has 3 aromatic rings. The van der Waals surface area contributed by atoms with Gasteiger partial charge in [0, 0.05) is 30.6 Å². The number of nitrogens with one attached hydrogen (secondary N) is 3. The Labute approximate surface area is 206 Å². The van der Waals surface area contributed by atoms with Crippen molar-refractivity contribution in [2.24, 2.45) is 0 Å². The van der Waals surface area contributed by atoms with Crippen LogP contribution in [0.1, 0.15) is 56.2 Å². The van der Waals surface area contributed by atoms with Crippen LogP contribution in [0.2, 0.25) is 0 Å². The van der Waals surface area contributed by atoms with Gasteiger partial charge in [-0.2, -0.15) is 9.90 Å². The van der Waals surface area contributed by atoms with Crippen LogP contribution in [0.25, 0.3) is 5.69 Å². The van der Waals surface area contributed by atoms with E-state index in [0.717, 1.165) is 35.4 Å². The molecule has 2 atom stereocenters. The second kappa shape index (κ2) is 10.1. The number of carboxylic acids is 1. The summed E-state index contributed by atoms with van der Waals surface area (Å²) in [6, 6.07) is 9.32. The van der Waals surface area contributed by atoms with Crippen LogP contribution in [-0.2, 0) is 17.7 Å². The first kappa shape index (κ1) is 23.5. The van der Waals surface area contributed by atoms with E-state index in [-0.39, 0.29) is 23.9 Å². The summed E-state index contributed by atoms with van der Waals surface area (Å²) in [5.41, 5.74) is 2.73. The highest BCUT2D eigenvalue weighted by Gasteiger charge is 2.30. The molecule has 1 fully saturated rings. The fourth-order valence-corrected chi connectivity index (χ4v) is 5.68. The summed E-state index contributed by atoms with van der Waals surface area (Å²) in [5, 5.41) is 28.9. The molecule has 0 aliphatic carbocycles. The van der Waals surface area contributed by atoms with Gasteiger partial charge in [0.25, 0.3) is 5.91 Å². The summed E-state index contributed by atoms with van der Waals surface area (Å²) in [7, 11) is 0. The zero-order valence-corrected chi connectivity index (χ0v) is 20.2. The highest BCUT2D eigenvalue weighted by molar-refractivity contribution is 7.16. The molecule has 0 bridgehead atoms. The van der Waals surface area contributed by atoms with Crippen molar-refractivity contribution >= 4 is 28.2 Å². The van der Waals surface area contributed by atoms with Crippen LogP contribution in [0.4, 0.5) is 5.00 Å². The normalized spacial score (nSPS) is 19.7. The second-order valence-corrected chi connectivity index (χ2v) is 9.87. The molecule has 1 aromatic carbocycles. The van der Waals surface area contributed by atoms with Gasteiger partial charge in [0.1, 0.15) is 11.2 Å². The molecule has 2 unspecified atom stereocenters. The third kappa shape index (κ3) is 5.07. The van der Waals surface area contributed by atoms with Gasteiger partial charge in [0.15, 0.2) is 5.69 Å². The summed E-state index contributed by atoms with van der Waals surface area (Å²) < 4.78 is 5.74. The fraction of sp³-hybridized carbons (Fsp3) is 0.417. The number of amides is 1. The molecule has 4 heterocycles. The van der Waals surface area contributed by atoms with Gasteiger partial charge < -0.3 is 25.8 Å². The molecule has 0 spiro atoms. The van der Waals surface area contributed by atoms with E-state index in [4.69, 9.17) is 4.74 Å². The number of nitrogens with zero attached hydrogens (tertiary/aromatic N) is 3. The number of benzene rings is 1. The third-order valence-electron chi connectivity index (χ3n) is 6.27. The first-order chi connectivity index (χ1) is 17.0. The Balaban J connectivity index is 1.25. The van der Waals surface area contributed by atoms with Crippen molar-refractivity contribution < 1.29 is 19.4 Å². The average Bonchev–Trinajstić information content (AvgIpc) is 3.43. The van der Waals surface area contributed by atoms with E-state index in [2.05, 4.69) is 26.1 Å². The number of rotatable bonds is 7. The van der Waals surface area contributed by atoms with E-state index in [1.165, 1.54) is 16.1 Å². The lowest BCUT2D eigenvalue weighted by Crippen LogP contribution is -2.44. The first-order valence-electron chi connectivity index (χ1n) is 11.8. The number of para-hydroxylation sites is 1. The molecule has 35 heavy (non-hydrogen) atoms. The lowest BCUT2D eigenvalue weighted by molar-refractivity contribution is 0.0344. The maximum absolute atomic E-state index is 12.8. The molecule has 11 heteroatoms. The van der Waals surface area contributed by atoms with Gasteiger partial charge in [0.05, 0.1) is 16.9 Å². The summed E-state index contributed by atoms with van der Waals surface area (Å²) in [5.74, 6) is -1.25. The Morgan fingerprint density at radius 1 is 1.26 bits per heavy atom. The van der Waals surface area contributed by atoms with Crippen LogP contribution >= 0.6 is 11.3 Å². The zero-order valence-electron chi connectivity index (χ0n) is 19.4. The molecule has 0 radical (unpaired) electrons. The van der Waals surface area contributed by atoms with Crippen molar-refractivity contribution in [1.82, 2.24) is 25.6 Å². The van der Waals surface area contributed by atoms with Gasteiger partial charge >= 0.3 is 5.97 Å². The average molecular weight is 497 g/mol. The number of aromatic carboxylic acids is 1. The Morgan fingerprint density at radius 3 is 2.83 bits per heavy atom. The molecule has 0 saturated carbocycles. The van der Waals surface area contributed by atoms with Crippen molar-refractivity contribution in [2.45, 2.75) is 51.4 Å². The number of aryl methyl sites for hydroxylation is 1. The van der Waals surface area contributed by atoms with Crippen LogP contribution in [0.15, 0.2) is 30.3 Å². The molecule has 1 saturated heterocycles. The van der Waals surface area contributed by atoms with E-state index < -0.39 is 5.97 Å². The number of carboxylic acid groups (broad SMARTS) is 1. The van der Waals surface area contributed by atoms with Crippen molar-refractivity contribution in [3.63, 3.8) is 0 Å². The Morgan fingerprint density at radius 2 is 2.09 bits per heavy atom. The Hall–Kier alpha value is -3.28. The SMILES string of the molecule is Cc1nn(-c2ccccc2)nc1C(=O)NCC1Cc2c(sc(NC3CCCCO3)c2C(=O)O)CN1. The third-order valence-corrected chi connectivity index (χ3v) is 7.43. The highest BCUT2D eigenvalue weighted by Crippen LogP contribution is 2.37. The monoisotopic (exact) mass is 496 g/mol. The molecule has 4 N–H and O–H groups in total. The standard InChI is InChI=1S/C24H28N6O4S/c1-14-21(29-30(28-14)16-7-3-2-4-8-16)22(31)26-12-15-11-17-18(13-25-15)35-23(20(17)24(32)33)27-19-9-5-6-10-34-19/h2-4,7-8,15,19,25,27H,5-6,9-13H2,1H3,(H,26,31)(H,32,33). The molecule has 10 nitrogen and oxygen atoms in total. The summed E-state index contributed by atoms with van der Waals surface area (Å²) in [6.07, 6.45) is 3.31. The van der Waals surface area contributed by atoms with Crippen LogP contribution in [-0.4, -0.2) is 57.4 Å². The molecular formula is C24H28N6O4S. The van der Waals surface area contributed by atoms with E-state index >= 15 is 0 Å². The maximum atomic E-state index is 12.8. The molecule has 5 rings (SSSR count). The number of anilines is 1. The van der Waals surface area contributed by atoms with Crippen molar-refractivity contribution in [3.8, 4) is 5.69 Å². The first-order valence-corrected chi connectivity index (χ1v) is 12.6. The van der Waals surface area contributed by atoms with Crippen molar-refractivity contribution in [1.29, 1.82) is 0 Å². The highest BCUT2D eigenvalue weighted by atomic mass is 32.1.